The van der Waals surface area contributed by atoms with Gasteiger partial charge in [-0.3, -0.25) is 19.5 Å². The van der Waals surface area contributed by atoms with E-state index in [4.69, 9.17) is 9.84 Å². The molecule has 4 atom stereocenters. The Bertz CT molecular complexity index is 582. The Hall–Kier alpha value is -1.81. The third-order valence-electron chi connectivity index (χ3n) is 3.32. The molecule has 9 nitrogen and oxygen atoms in total. The molecule has 3 N–H and O–H groups in total. The molecular weight excluding hydrogens is 272 g/mol. The highest BCUT2D eigenvalue weighted by Crippen LogP contribution is 2.37. The van der Waals surface area contributed by atoms with E-state index < -0.39 is 41.1 Å². The van der Waals surface area contributed by atoms with Gasteiger partial charge in [-0.1, -0.05) is 0 Å². The van der Waals surface area contributed by atoms with E-state index in [0.29, 0.717) is 0 Å². The van der Waals surface area contributed by atoms with Gasteiger partial charge < -0.3 is 20.1 Å². The van der Waals surface area contributed by atoms with Crippen LogP contribution in [-0.2, 0) is 4.74 Å². The van der Waals surface area contributed by atoms with Gasteiger partial charge in [0.25, 0.3) is 11.2 Å². The Morgan fingerprint density at radius 2 is 2.20 bits per heavy atom. The van der Waals surface area contributed by atoms with Gasteiger partial charge in [0.1, 0.15) is 17.8 Å². The van der Waals surface area contributed by atoms with Gasteiger partial charge in [-0.15, -0.1) is 0 Å². The van der Waals surface area contributed by atoms with Crippen molar-refractivity contribution in [2.45, 2.75) is 31.0 Å². The molecule has 20 heavy (non-hydrogen) atoms. The van der Waals surface area contributed by atoms with E-state index in [1.165, 1.54) is 6.92 Å². The predicted octanol–water partition coefficient (Wildman–Crippen LogP) is -1.24. The number of pyridine rings is 1. The monoisotopic (exact) mass is 286 g/mol. The smallest absolute Gasteiger partial charge is 0.285 e. The molecule has 0 aromatic carbocycles. The van der Waals surface area contributed by atoms with Crippen molar-refractivity contribution >= 4 is 5.69 Å². The number of hydrogen-bond donors (Lipinski definition) is 3. The van der Waals surface area contributed by atoms with Gasteiger partial charge in [-0.25, -0.2) is 0 Å². The highest BCUT2D eigenvalue weighted by molar-refractivity contribution is 5.25. The summed E-state index contributed by atoms with van der Waals surface area (Å²) < 4.78 is 6.06. The van der Waals surface area contributed by atoms with Crippen molar-refractivity contribution in [3.8, 4) is 0 Å². The highest BCUT2D eigenvalue weighted by Gasteiger charge is 2.53. The molecular formula is C11H14N2O7. The Morgan fingerprint density at radius 1 is 1.55 bits per heavy atom. The van der Waals surface area contributed by atoms with E-state index in [1.54, 1.807) is 0 Å². The normalized spacial score (nSPS) is 33.3. The molecule has 0 bridgehead atoms. The molecule has 0 amide bonds. The molecule has 110 valence electrons. The van der Waals surface area contributed by atoms with Crippen LogP contribution in [0.15, 0.2) is 23.1 Å². The second-order valence-corrected chi connectivity index (χ2v) is 4.77. The van der Waals surface area contributed by atoms with Crippen molar-refractivity contribution in [1.29, 1.82) is 0 Å². The molecule has 0 saturated carbocycles. The maximum absolute atomic E-state index is 11.8. The van der Waals surface area contributed by atoms with Crippen molar-refractivity contribution in [2.24, 2.45) is 0 Å². The fraction of sp³-hybridized carbons (Fsp3) is 0.545. The molecule has 2 rings (SSSR count). The maximum Gasteiger partial charge on any atom is 0.285 e. The van der Waals surface area contributed by atoms with E-state index in [1.807, 2.05) is 0 Å². The Balaban J connectivity index is 2.48. The molecule has 1 fully saturated rings. The minimum Gasteiger partial charge on any atom is -0.394 e. The van der Waals surface area contributed by atoms with Gasteiger partial charge in [0.2, 0.25) is 0 Å². The summed E-state index contributed by atoms with van der Waals surface area (Å²) >= 11 is 0. The number of ether oxygens (including phenoxy) is 1. The number of aromatic nitrogens is 1. The summed E-state index contributed by atoms with van der Waals surface area (Å²) in [6, 6.07) is 2.00. The lowest BCUT2D eigenvalue weighted by atomic mass is 9.96. The zero-order chi connectivity index (χ0) is 15.1. The number of aliphatic hydroxyl groups is 3. The van der Waals surface area contributed by atoms with Crippen LogP contribution in [0.3, 0.4) is 0 Å². The maximum atomic E-state index is 11.8. The molecule has 1 aliphatic rings. The zero-order valence-corrected chi connectivity index (χ0v) is 10.5. The molecule has 1 saturated heterocycles. The Labute approximate surface area is 112 Å². The second-order valence-electron chi connectivity index (χ2n) is 4.77. The van der Waals surface area contributed by atoms with Crippen molar-refractivity contribution in [1.82, 2.24) is 4.57 Å². The number of nitro groups is 1. The summed E-state index contributed by atoms with van der Waals surface area (Å²) in [7, 11) is 0. The van der Waals surface area contributed by atoms with Crippen LogP contribution in [0.2, 0.25) is 0 Å². The van der Waals surface area contributed by atoms with Crippen molar-refractivity contribution in [3.63, 3.8) is 0 Å². The number of rotatable bonds is 3. The summed E-state index contributed by atoms with van der Waals surface area (Å²) in [5.41, 5.74) is -2.86. The van der Waals surface area contributed by atoms with Crippen molar-refractivity contribution in [3.05, 3.63) is 38.8 Å². The molecule has 2 heterocycles. The minimum absolute atomic E-state index is 0.356. The van der Waals surface area contributed by atoms with E-state index in [9.17, 15) is 25.1 Å². The van der Waals surface area contributed by atoms with Crippen LogP contribution < -0.4 is 5.56 Å². The van der Waals surface area contributed by atoms with Crippen LogP contribution in [0.25, 0.3) is 0 Å². The highest BCUT2D eigenvalue weighted by atomic mass is 16.6. The van der Waals surface area contributed by atoms with Gasteiger partial charge in [0.15, 0.2) is 6.23 Å². The number of nitrogens with zero attached hydrogens (tertiary/aromatic N) is 2. The second kappa shape index (κ2) is 4.94. The van der Waals surface area contributed by atoms with Crippen LogP contribution in [0.4, 0.5) is 5.69 Å². The predicted molar refractivity (Wildman–Crippen MR) is 65.0 cm³/mol. The van der Waals surface area contributed by atoms with Gasteiger partial charge in [-0.05, 0) is 6.92 Å². The van der Waals surface area contributed by atoms with Crippen LogP contribution in [0, 0.1) is 10.1 Å². The van der Waals surface area contributed by atoms with E-state index in [-0.39, 0.29) is 5.69 Å². The lowest BCUT2D eigenvalue weighted by Crippen LogP contribution is -2.45. The molecule has 1 aliphatic heterocycles. The van der Waals surface area contributed by atoms with Gasteiger partial charge in [0, 0.05) is 12.1 Å². The molecule has 0 unspecified atom stereocenters. The van der Waals surface area contributed by atoms with Crippen molar-refractivity contribution in [2.75, 3.05) is 6.61 Å². The summed E-state index contributed by atoms with van der Waals surface area (Å²) in [5, 5.41) is 39.8. The number of aliphatic hydroxyl groups excluding tert-OH is 2. The SMILES string of the molecule is C[C@@]1(O)[C@H](O)[C@@H](CO)O[C@H]1n1cc([N+](=O)[O-])ccc1=O. The summed E-state index contributed by atoms with van der Waals surface area (Å²) in [4.78, 5) is 21.8. The van der Waals surface area contributed by atoms with Crippen LogP contribution in [-0.4, -0.2) is 49.2 Å². The lowest BCUT2D eigenvalue weighted by Gasteiger charge is -2.27. The third-order valence-corrected chi connectivity index (χ3v) is 3.32. The van der Waals surface area contributed by atoms with E-state index >= 15 is 0 Å². The average Bonchev–Trinajstić information content (AvgIpc) is 2.61. The Kier molecular flexibility index (Phi) is 3.61. The average molecular weight is 286 g/mol. The summed E-state index contributed by atoms with van der Waals surface area (Å²) in [6.45, 7) is 0.667. The lowest BCUT2D eigenvalue weighted by molar-refractivity contribution is -0.385. The first-order valence-electron chi connectivity index (χ1n) is 5.82. The van der Waals surface area contributed by atoms with Gasteiger partial charge in [-0.2, -0.15) is 0 Å². The van der Waals surface area contributed by atoms with Crippen LogP contribution in [0.1, 0.15) is 13.2 Å². The fourth-order valence-electron chi connectivity index (χ4n) is 2.17. The molecule has 0 spiro atoms. The quantitative estimate of drug-likeness (QED) is 0.467. The molecule has 0 aliphatic carbocycles. The topological polar surface area (TPSA) is 135 Å². The van der Waals surface area contributed by atoms with Gasteiger partial charge >= 0.3 is 0 Å². The minimum atomic E-state index is -1.87. The van der Waals surface area contributed by atoms with Gasteiger partial charge in [0.05, 0.1) is 17.7 Å². The summed E-state index contributed by atoms with van der Waals surface area (Å²) in [6.07, 6.45) is -2.92. The number of hydrogen-bond acceptors (Lipinski definition) is 7. The summed E-state index contributed by atoms with van der Waals surface area (Å²) in [5.74, 6) is 0. The fourth-order valence-corrected chi connectivity index (χ4v) is 2.17. The molecule has 9 heteroatoms. The van der Waals surface area contributed by atoms with E-state index in [0.717, 1.165) is 22.9 Å². The Morgan fingerprint density at radius 3 is 2.70 bits per heavy atom. The van der Waals surface area contributed by atoms with Crippen LogP contribution in [0.5, 0.6) is 0 Å². The largest absolute Gasteiger partial charge is 0.394 e. The standard InChI is InChI=1S/C11H14N2O7/c1-11(17)9(16)7(5-14)20-10(11)12-4-6(13(18)19)2-3-8(12)15/h2-4,7,9-10,14,16-17H,5H2,1H3/t7-,9-,10-,11-/m1/s1. The third kappa shape index (κ3) is 2.20. The van der Waals surface area contributed by atoms with E-state index in [2.05, 4.69) is 0 Å². The first-order valence-corrected chi connectivity index (χ1v) is 5.82. The van der Waals surface area contributed by atoms with Crippen molar-refractivity contribution < 1.29 is 25.0 Å². The zero-order valence-electron chi connectivity index (χ0n) is 10.5. The van der Waals surface area contributed by atoms with Crippen LogP contribution >= 0.6 is 0 Å². The first-order chi connectivity index (χ1) is 9.28. The molecule has 0 radical (unpaired) electrons. The first kappa shape index (κ1) is 14.6. The molecule has 1 aromatic rings. The molecule has 1 aromatic heterocycles.